The van der Waals surface area contributed by atoms with E-state index in [1.165, 1.54) is 24.0 Å². The second kappa shape index (κ2) is 6.81. The largest absolute Gasteiger partial charge is 0.416 e. The fraction of sp³-hybridized carbons (Fsp3) is 0.333. The van der Waals surface area contributed by atoms with Gasteiger partial charge in [-0.15, -0.1) is 0 Å². The number of hydrogen-bond donors (Lipinski definition) is 1. The molecule has 4 nitrogen and oxygen atoms in total. The van der Waals surface area contributed by atoms with Gasteiger partial charge in [-0.1, -0.05) is 18.2 Å². The van der Waals surface area contributed by atoms with Crippen LogP contribution < -0.4 is 9.80 Å². The topological polar surface area (TPSA) is 43.8 Å². The summed E-state index contributed by atoms with van der Waals surface area (Å²) in [4.78, 5) is 16.3. The molecule has 0 radical (unpaired) electrons. The lowest BCUT2D eigenvalue weighted by molar-refractivity contribution is -0.138. The van der Waals surface area contributed by atoms with Crippen molar-refractivity contribution in [3.05, 3.63) is 59.2 Å². The first-order valence-electron chi connectivity index (χ1n) is 9.25. The number of carbonyl (C=O) groups is 1. The Morgan fingerprint density at radius 1 is 1.10 bits per heavy atom. The van der Waals surface area contributed by atoms with Gasteiger partial charge in [0.2, 0.25) is 0 Å². The summed E-state index contributed by atoms with van der Waals surface area (Å²) in [6.07, 6.45) is -2.50. The predicted octanol–water partition coefficient (Wildman–Crippen LogP) is 4.57. The maximum Gasteiger partial charge on any atom is 0.416 e. The van der Waals surface area contributed by atoms with Gasteiger partial charge in [0, 0.05) is 5.69 Å². The highest BCUT2D eigenvalue weighted by atomic mass is 32.1. The van der Waals surface area contributed by atoms with E-state index in [1.807, 2.05) is 0 Å². The third kappa shape index (κ3) is 3.02. The first-order chi connectivity index (χ1) is 13.7. The van der Waals surface area contributed by atoms with Crippen molar-refractivity contribution < 1.29 is 23.1 Å². The van der Waals surface area contributed by atoms with Crippen LogP contribution in [0.5, 0.6) is 0 Å². The molecule has 0 unspecified atom stereocenters. The zero-order valence-electron chi connectivity index (χ0n) is 15.7. The first kappa shape index (κ1) is 19.8. The van der Waals surface area contributed by atoms with Crippen LogP contribution in [0.25, 0.3) is 0 Å². The van der Waals surface area contributed by atoms with E-state index in [9.17, 15) is 23.1 Å². The number of anilines is 2. The summed E-state index contributed by atoms with van der Waals surface area (Å²) in [7, 11) is 0. The highest BCUT2D eigenvalue weighted by Gasteiger charge is 2.59. The fourth-order valence-electron chi connectivity index (χ4n) is 4.01. The van der Waals surface area contributed by atoms with E-state index in [0.29, 0.717) is 18.5 Å². The molecule has 2 aromatic carbocycles. The molecule has 1 aliphatic carbocycles. The van der Waals surface area contributed by atoms with Crippen LogP contribution in [0.2, 0.25) is 0 Å². The van der Waals surface area contributed by atoms with Crippen molar-refractivity contribution in [2.24, 2.45) is 0 Å². The Balaban J connectivity index is 1.78. The van der Waals surface area contributed by atoms with E-state index in [1.54, 1.807) is 29.2 Å². The predicted molar refractivity (Wildman–Crippen MR) is 108 cm³/mol. The number of nitrogens with zero attached hydrogens (tertiary/aromatic N) is 2. The number of rotatable bonds is 3. The Kier molecular flexibility index (Phi) is 4.66. The summed E-state index contributed by atoms with van der Waals surface area (Å²) in [5.41, 5.74) is -0.0172. The van der Waals surface area contributed by atoms with Crippen molar-refractivity contribution >= 4 is 34.6 Å². The number of aliphatic hydroxyl groups excluding tert-OH is 1. The van der Waals surface area contributed by atoms with Crippen LogP contribution in [0.15, 0.2) is 42.5 Å². The maximum absolute atomic E-state index is 13.4. The molecule has 152 valence electrons. The van der Waals surface area contributed by atoms with Gasteiger partial charge in [0.05, 0.1) is 17.9 Å². The van der Waals surface area contributed by atoms with Gasteiger partial charge in [-0.05, 0) is 73.8 Å². The molecule has 0 bridgehead atoms. The number of hydrogen-bond acceptors (Lipinski definition) is 3. The van der Waals surface area contributed by atoms with Crippen LogP contribution in [-0.4, -0.2) is 21.7 Å². The zero-order valence-corrected chi connectivity index (χ0v) is 16.5. The standard InChI is InChI=1S/C21H19F3N2O2S/c1-13-3-6-16(11-17(13)21(22,23)24)25-18(28)20(9-2-10-20)26(19(25)29)15-7-4-14(12-27)5-8-15/h3-8,11,27H,2,9-10,12H2,1H3. The highest BCUT2D eigenvalue weighted by Crippen LogP contribution is 2.48. The average Bonchev–Trinajstić information content (AvgIpc) is 2.88. The second-order valence-corrected chi connectivity index (χ2v) is 7.83. The fourth-order valence-corrected chi connectivity index (χ4v) is 4.48. The number of aliphatic hydroxyl groups is 1. The van der Waals surface area contributed by atoms with Gasteiger partial charge in [-0.2, -0.15) is 13.2 Å². The molecular formula is C21H19F3N2O2S. The molecule has 4 rings (SSSR count). The van der Waals surface area contributed by atoms with E-state index in [2.05, 4.69) is 0 Å². The van der Waals surface area contributed by atoms with Crippen LogP contribution in [0.1, 0.15) is 36.0 Å². The van der Waals surface area contributed by atoms with Crippen LogP contribution >= 0.6 is 12.2 Å². The quantitative estimate of drug-likeness (QED) is 0.739. The molecule has 0 atom stereocenters. The molecule has 2 aromatic rings. The number of alkyl halides is 3. The summed E-state index contributed by atoms with van der Waals surface area (Å²) >= 11 is 5.58. The summed E-state index contributed by atoms with van der Waals surface area (Å²) in [5, 5.41) is 9.43. The molecule has 0 aromatic heterocycles. The van der Waals surface area contributed by atoms with E-state index in [4.69, 9.17) is 12.2 Å². The number of thiocarbonyl (C=S) groups is 1. The number of carbonyl (C=O) groups excluding carboxylic acids is 1. The molecule has 1 amide bonds. The Hall–Kier alpha value is -2.45. The van der Waals surface area contributed by atoms with Crippen LogP contribution in [-0.2, 0) is 17.6 Å². The van der Waals surface area contributed by atoms with Gasteiger partial charge in [0.15, 0.2) is 5.11 Å². The summed E-state index contributed by atoms with van der Waals surface area (Å²) in [6, 6.07) is 10.9. The van der Waals surface area contributed by atoms with Crippen molar-refractivity contribution in [3.63, 3.8) is 0 Å². The van der Waals surface area contributed by atoms with Crippen molar-refractivity contribution in [1.82, 2.24) is 0 Å². The normalized spacial score (nSPS) is 18.5. The zero-order chi connectivity index (χ0) is 21.0. The van der Waals surface area contributed by atoms with E-state index < -0.39 is 17.3 Å². The lowest BCUT2D eigenvalue weighted by atomic mass is 9.75. The van der Waals surface area contributed by atoms with Crippen molar-refractivity contribution in [3.8, 4) is 0 Å². The Bertz CT molecular complexity index is 984. The molecule has 1 aliphatic heterocycles. The smallest absolute Gasteiger partial charge is 0.392 e. The molecule has 1 saturated carbocycles. The molecule has 29 heavy (non-hydrogen) atoms. The third-order valence-electron chi connectivity index (χ3n) is 5.75. The number of halogens is 3. The molecule has 2 aliphatic rings. The van der Waals surface area contributed by atoms with E-state index >= 15 is 0 Å². The Labute approximate surface area is 171 Å². The number of benzene rings is 2. The van der Waals surface area contributed by atoms with E-state index in [-0.39, 0.29) is 28.9 Å². The lowest BCUT2D eigenvalue weighted by Gasteiger charge is -2.43. The molecule has 1 saturated heterocycles. The Morgan fingerprint density at radius 3 is 2.24 bits per heavy atom. The van der Waals surface area contributed by atoms with Crippen LogP contribution in [0.4, 0.5) is 24.5 Å². The molecular weight excluding hydrogens is 401 g/mol. The van der Waals surface area contributed by atoms with Gasteiger partial charge in [-0.25, -0.2) is 0 Å². The van der Waals surface area contributed by atoms with Crippen molar-refractivity contribution in [2.75, 3.05) is 9.80 Å². The summed E-state index contributed by atoms with van der Waals surface area (Å²) < 4.78 is 40.2. The minimum Gasteiger partial charge on any atom is -0.392 e. The number of amides is 1. The van der Waals surface area contributed by atoms with Crippen LogP contribution in [0.3, 0.4) is 0 Å². The minimum absolute atomic E-state index is 0.0913. The monoisotopic (exact) mass is 420 g/mol. The SMILES string of the molecule is Cc1ccc(N2C(=O)C3(CCC3)N(c3ccc(CO)cc3)C2=S)cc1C(F)(F)F. The second-order valence-electron chi connectivity index (χ2n) is 7.47. The van der Waals surface area contributed by atoms with Crippen molar-refractivity contribution in [1.29, 1.82) is 0 Å². The molecule has 1 N–H and O–H groups in total. The highest BCUT2D eigenvalue weighted by molar-refractivity contribution is 7.81. The number of aryl methyl sites for hydroxylation is 1. The van der Waals surface area contributed by atoms with Gasteiger partial charge in [0.1, 0.15) is 5.54 Å². The van der Waals surface area contributed by atoms with Gasteiger partial charge in [0.25, 0.3) is 5.91 Å². The Morgan fingerprint density at radius 2 is 1.72 bits per heavy atom. The van der Waals surface area contributed by atoms with Crippen molar-refractivity contribution in [2.45, 2.75) is 44.5 Å². The summed E-state index contributed by atoms with van der Waals surface area (Å²) in [5.74, 6) is -0.294. The molecule has 8 heteroatoms. The van der Waals surface area contributed by atoms with Gasteiger partial charge >= 0.3 is 6.18 Å². The van der Waals surface area contributed by atoms with Gasteiger partial charge in [-0.3, -0.25) is 9.69 Å². The van der Waals surface area contributed by atoms with Crippen LogP contribution in [0, 0.1) is 6.92 Å². The van der Waals surface area contributed by atoms with E-state index in [0.717, 1.165) is 18.1 Å². The van der Waals surface area contributed by atoms with Gasteiger partial charge < -0.3 is 10.0 Å². The average molecular weight is 420 g/mol. The lowest BCUT2D eigenvalue weighted by Crippen LogP contribution is -2.55. The molecule has 1 spiro atoms. The third-order valence-corrected chi connectivity index (χ3v) is 6.12. The molecule has 2 fully saturated rings. The minimum atomic E-state index is -4.52. The first-order valence-corrected chi connectivity index (χ1v) is 9.66. The molecule has 1 heterocycles. The summed E-state index contributed by atoms with van der Waals surface area (Å²) in [6.45, 7) is 1.28. The maximum atomic E-state index is 13.4.